The molecule has 0 bridgehead atoms. The zero-order valence-corrected chi connectivity index (χ0v) is 15.8. The van der Waals surface area contributed by atoms with E-state index in [-0.39, 0.29) is 11.8 Å². The minimum atomic E-state index is -1.15. The first-order valence-electron chi connectivity index (χ1n) is 8.00. The molecule has 1 aromatic rings. The van der Waals surface area contributed by atoms with Gasteiger partial charge in [-0.25, -0.2) is 4.79 Å². The van der Waals surface area contributed by atoms with Crippen molar-refractivity contribution in [2.24, 2.45) is 0 Å². The van der Waals surface area contributed by atoms with Crippen molar-refractivity contribution in [3.63, 3.8) is 0 Å². The van der Waals surface area contributed by atoms with Crippen LogP contribution in [-0.2, 0) is 14.4 Å². The molecule has 1 unspecified atom stereocenters. The highest BCUT2D eigenvalue weighted by atomic mass is 32.2. The normalized spacial score (nSPS) is 17.4. The summed E-state index contributed by atoms with van der Waals surface area (Å²) in [6.45, 7) is 3.20. The average Bonchev–Trinajstić information content (AvgIpc) is 2.56. The Morgan fingerprint density at radius 3 is 2.32 bits per heavy atom. The maximum Gasteiger partial charge on any atom is 0.329 e. The Morgan fingerprint density at radius 1 is 1.20 bits per heavy atom. The van der Waals surface area contributed by atoms with E-state index in [0.29, 0.717) is 18.5 Å². The summed E-state index contributed by atoms with van der Waals surface area (Å²) in [7, 11) is 0. The number of anilines is 1. The smallest absolute Gasteiger partial charge is 0.329 e. The lowest BCUT2D eigenvalue weighted by atomic mass is 9.92. The fourth-order valence-electron chi connectivity index (χ4n) is 2.53. The third kappa shape index (κ3) is 5.40. The van der Waals surface area contributed by atoms with Crippen molar-refractivity contribution in [1.29, 1.82) is 0 Å². The molecule has 3 N–H and O–H groups in total. The number of hydrogen-bond donors (Lipinski definition) is 3. The Kier molecular flexibility index (Phi) is 6.78. The molecule has 1 aliphatic rings. The topological polar surface area (TPSA) is 95.5 Å². The van der Waals surface area contributed by atoms with Gasteiger partial charge in [-0.15, -0.1) is 11.8 Å². The van der Waals surface area contributed by atoms with Crippen LogP contribution in [0.1, 0.15) is 26.7 Å². The number of carboxylic acid groups (broad SMARTS) is 1. The third-order valence-corrected chi connectivity index (χ3v) is 6.07. The van der Waals surface area contributed by atoms with E-state index in [1.807, 2.05) is 12.1 Å². The van der Waals surface area contributed by atoms with Crippen molar-refractivity contribution in [1.82, 2.24) is 5.32 Å². The van der Waals surface area contributed by atoms with Crippen molar-refractivity contribution >= 4 is 47.0 Å². The van der Waals surface area contributed by atoms with Crippen molar-refractivity contribution in [3.05, 3.63) is 24.3 Å². The minimum absolute atomic E-state index is 0.141. The molecule has 1 heterocycles. The Bertz CT molecular complexity index is 643. The van der Waals surface area contributed by atoms with E-state index in [9.17, 15) is 19.5 Å². The van der Waals surface area contributed by atoms with Crippen LogP contribution >= 0.6 is 23.5 Å². The molecule has 6 nitrogen and oxygen atoms in total. The number of thioether (sulfide) groups is 2. The van der Waals surface area contributed by atoms with Crippen molar-refractivity contribution in [2.45, 2.75) is 42.4 Å². The van der Waals surface area contributed by atoms with Gasteiger partial charge in [0, 0.05) is 17.5 Å². The largest absolute Gasteiger partial charge is 0.480 e. The predicted octanol–water partition coefficient (Wildman–Crippen LogP) is 2.59. The fraction of sp³-hybridized carbons (Fsp3) is 0.471. The van der Waals surface area contributed by atoms with E-state index in [2.05, 4.69) is 10.6 Å². The molecule has 0 aromatic heterocycles. The molecular formula is C17H22N2O4S2. The van der Waals surface area contributed by atoms with Gasteiger partial charge < -0.3 is 15.7 Å². The Hall–Kier alpha value is -1.67. The SMILES string of the molecule is CC(=O)Nc1ccc(SC(C)C(=O)NC2(C(=O)O)CCSCC2)cc1. The lowest BCUT2D eigenvalue weighted by molar-refractivity contribution is -0.148. The van der Waals surface area contributed by atoms with Gasteiger partial charge in [0.15, 0.2) is 0 Å². The van der Waals surface area contributed by atoms with E-state index < -0.39 is 16.8 Å². The Morgan fingerprint density at radius 2 is 1.80 bits per heavy atom. The molecule has 136 valence electrons. The summed E-state index contributed by atoms with van der Waals surface area (Å²) in [6, 6.07) is 7.19. The molecule has 8 heteroatoms. The number of aliphatic carboxylic acids is 1. The van der Waals surface area contributed by atoms with Crippen molar-refractivity contribution in [2.75, 3.05) is 16.8 Å². The van der Waals surface area contributed by atoms with Crippen LogP contribution in [0.25, 0.3) is 0 Å². The summed E-state index contributed by atoms with van der Waals surface area (Å²) in [6.07, 6.45) is 0.892. The van der Waals surface area contributed by atoms with E-state index in [0.717, 1.165) is 16.4 Å². The van der Waals surface area contributed by atoms with Crippen LogP contribution in [0.5, 0.6) is 0 Å². The number of amides is 2. The first-order chi connectivity index (χ1) is 11.8. The zero-order chi connectivity index (χ0) is 18.4. The molecule has 1 aromatic carbocycles. The minimum Gasteiger partial charge on any atom is -0.480 e. The molecule has 1 atom stereocenters. The lowest BCUT2D eigenvalue weighted by Gasteiger charge is -2.34. The maximum atomic E-state index is 12.5. The van der Waals surface area contributed by atoms with Crippen LogP contribution in [0.3, 0.4) is 0 Å². The van der Waals surface area contributed by atoms with Crippen molar-refractivity contribution in [3.8, 4) is 0 Å². The van der Waals surface area contributed by atoms with Crippen LogP contribution in [0.2, 0.25) is 0 Å². The number of rotatable bonds is 6. The van der Waals surface area contributed by atoms with Gasteiger partial charge in [0.1, 0.15) is 5.54 Å². The number of benzene rings is 1. The zero-order valence-electron chi connectivity index (χ0n) is 14.2. The number of carbonyl (C=O) groups is 3. The standard InChI is InChI=1S/C17H22N2O4S2/c1-11(25-14-5-3-13(4-6-14)18-12(2)20)15(21)19-17(16(22)23)7-9-24-10-8-17/h3-6,11H,7-10H2,1-2H3,(H,18,20)(H,19,21)(H,22,23). The van der Waals surface area contributed by atoms with Gasteiger partial charge in [0.25, 0.3) is 0 Å². The van der Waals surface area contributed by atoms with Gasteiger partial charge >= 0.3 is 5.97 Å². The molecule has 2 amide bonds. The average molecular weight is 383 g/mol. The fourth-order valence-corrected chi connectivity index (χ4v) is 4.58. The summed E-state index contributed by atoms with van der Waals surface area (Å²) in [4.78, 5) is 36.0. The lowest BCUT2D eigenvalue weighted by Crippen LogP contribution is -2.58. The highest BCUT2D eigenvalue weighted by molar-refractivity contribution is 8.00. The summed E-state index contributed by atoms with van der Waals surface area (Å²) < 4.78 is 0. The summed E-state index contributed by atoms with van der Waals surface area (Å²) in [5.41, 5.74) is -0.453. The number of hydrogen-bond acceptors (Lipinski definition) is 5. The van der Waals surface area contributed by atoms with Crippen LogP contribution in [0.4, 0.5) is 5.69 Å². The van der Waals surface area contributed by atoms with E-state index in [4.69, 9.17) is 0 Å². The highest BCUT2D eigenvalue weighted by Crippen LogP contribution is 2.29. The molecule has 25 heavy (non-hydrogen) atoms. The number of carbonyl (C=O) groups excluding carboxylic acids is 2. The van der Waals surface area contributed by atoms with Gasteiger partial charge in [-0.1, -0.05) is 0 Å². The van der Waals surface area contributed by atoms with Gasteiger partial charge in [-0.05, 0) is 55.5 Å². The Balaban J connectivity index is 1.97. The molecular weight excluding hydrogens is 360 g/mol. The number of carboxylic acids is 1. The van der Waals surface area contributed by atoms with E-state index in [1.165, 1.54) is 18.7 Å². The van der Waals surface area contributed by atoms with E-state index >= 15 is 0 Å². The molecule has 0 aliphatic carbocycles. The van der Waals surface area contributed by atoms with E-state index in [1.54, 1.807) is 30.8 Å². The summed E-state index contributed by atoms with van der Waals surface area (Å²) in [5, 5.41) is 14.6. The van der Waals surface area contributed by atoms with Crippen molar-refractivity contribution < 1.29 is 19.5 Å². The second-order valence-electron chi connectivity index (χ2n) is 5.95. The summed E-state index contributed by atoms with van der Waals surface area (Å²) in [5.74, 6) is 0.0956. The Labute approximate surface area is 155 Å². The third-order valence-electron chi connectivity index (χ3n) is 3.97. The van der Waals surface area contributed by atoms with Gasteiger partial charge in [-0.3, -0.25) is 9.59 Å². The molecule has 1 fully saturated rings. The molecule has 2 rings (SSSR count). The first-order valence-corrected chi connectivity index (χ1v) is 10.0. The molecule has 0 radical (unpaired) electrons. The number of nitrogens with one attached hydrogen (secondary N) is 2. The maximum absolute atomic E-state index is 12.5. The van der Waals surface area contributed by atoms with Gasteiger partial charge in [0.05, 0.1) is 5.25 Å². The second-order valence-corrected chi connectivity index (χ2v) is 8.59. The van der Waals surface area contributed by atoms with Gasteiger partial charge in [-0.2, -0.15) is 11.8 Å². The predicted molar refractivity (Wildman–Crippen MR) is 101 cm³/mol. The van der Waals surface area contributed by atoms with Crippen LogP contribution in [-0.4, -0.2) is 45.2 Å². The van der Waals surface area contributed by atoms with Crippen LogP contribution in [0.15, 0.2) is 29.2 Å². The first kappa shape index (κ1) is 19.7. The van der Waals surface area contributed by atoms with Crippen LogP contribution in [0, 0.1) is 0 Å². The quantitative estimate of drug-likeness (QED) is 0.655. The van der Waals surface area contributed by atoms with Gasteiger partial charge in [0.2, 0.25) is 11.8 Å². The molecule has 1 aliphatic heterocycles. The van der Waals surface area contributed by atoms with Crippen LogP contribution < -0.4 is 10.6 Å². The molecule has 0 saturated carbocycles. The molecule has 1 saturated heterocycles. The summed E-state index contributed by atoms with van der Waals surface area (Å²) >= 11 is 3.06. The molecule has 0 spiro atoms. The second kappa shape index (κ2) is 8.62. The highest BCUT2D eigenvalue weighted by Gasteiger charge is 2.42. The monoisotopic (exact) mass is 382 g/mol.